The molecule has 3 N–H and O–H groups in total. The SMILES string of the molecule is Cc1ccc(S(=O)(=O)N/N=C(/c2nc3ccc([N+](=O)[O-])cc3[nH]c2=O)C(O)/C=C/c2ccccc2)cc1. The van der Waals surface area contributed by atoms with Crippen molar-refractivity contribution >= 4 is 38.5 Å². The molecule has 0 amide bonds. The molecule has 1 aromatic heterocycles. The molecule has 0 saturated heterocycles. The van der Waals surface area contributed by atoms with Gasteiger partial charge in [0.25, 0.3) is 21.3 Å². The molecule has 0 aliphatic rings. The minimum Gasteiger partial charge on any atom is -0.382 e. The number of aromatic nitrogens is 2. The van der Waals surface area contributed by atoms with E-state index in [0.717, 1.165) is 17.2 Å². The maximum absolute atomic E-state index is 12.9. The van der Waals surface area contributed by atoms with E-state index in [1.807, 2.05) is 13.0 Å². The fraction of sp³-hybridized carbons (Fsp3) is 0.0800. The molecule has 0 radical (unpaired) electrons. The van der Waals surface area contributed by atoms with Gasteiger partial charge in [0.1, 0.15) is 11.8 Å². The minimum atomic E-state index is -4.14. The van der Waals surface area contributed by atoms with Crippen molar-refractivity contribution in [1.29, 1.82) is 0 Å². The van der Waals surface area contributed by atoms with Crippen molar-refractivity contribution in [3.05, 3.63) is 116 Å². The zero-order chi connectivity index (χ0) is 26.6. The topological polar surface area (TPSA) is 168 Å². The quantitative estimate of drug-likeness (QED) is 0.183. The maximum Gasteiger partial charge on any atom is 0.276 e. The van der Waals surface area contributed by atoms with Crippen molar-refractivity contribution in [3.63, 3.8) is 0 Å². The van der Waals surface area contributed by atoms with Crippen LogP contribution >= 0.6 is 0 Å². The minimum absolute atomic E-state index is 0.0665. The summed E-state index contributed by atoms with van der Waals surface area (Å²) in [6, 6.07) is 18.7. The number of nitrogens with zero attached hydrogens (tertiary/aromatic N) is 3. The van der Waals surface area contributed by atoms with Crippen LogP contribution in [0.15, 0.2) is 93.7 Å². The highest BCUT2D eigenvalue weighted by molar-refractivity contribution is 7.89. The van der Waals surface area contributed by atoms with Crippen LogP contribution in [0, 0.1) is 17.0 Å². The highest BCUT2D eigenvalue weighted by Crippen LogP contribution is 2.18. The number of hydrazone groups is 1. The van der Waals surface area contributed by atoms with Gasteiger partial charge in [0.2, 0.25) is 0 Å². The van der Waals surface area contributed by atoms with Crippen molar-refractivity contribution in [3.8, 4) is 0 Å². The Morgan fingerprint density at radius 1 is 1.14 bits per heavy atom. The van der Waals surface area contributed by atoms with Gasteiger partial charge in [-0.3, -0.25) is 14.9 Å². The summed E-state index contributed by atoms with van der Waals surface area (Å²) in [5, 5.41) is 25.8. The van der Waals surface area contributed by atoms with Crippen LogP contribution in [0.1, 0.15) is 16.8 Å². The molecule has 1 atom stereocenters. The van der Waals surface area contributed by atoms with E-state index < -0.39 is 26.6 Å². The van der Waals surface area contributed by atoms with E-state index >= 15 is 0 Å². The number of hydrogen-bond acceptors (Lipinski definition) is 8. The second kappa shape index (κ2) is 10.5. The maximum atomic E-state index is 12.9. The van der Waals surface area contributed by atoms with Crippen LogP contribution in [0.2, 0.25) is 0 Å². The normalized spacial score (nSPS) is 13.1. The molecular weight excluding hydrogens is 498 g/mol. The number of benzene rings is 3. The predicted molar refractivity (Wildman–Crippen MR) is 139 cm³/mol. The molecule has 1 heterocycles. The van der Waals surface area contributed by atoms with E-state index in [0.29, 0.717) is 0 Å². The average Bonchev–Trinajstić information content (AvgIpc) is 2.88. The number of rotatable bonds is 8. The predicted octanol–water partition coefficient (Wildman–Crippen LogP) is 2.90. The summed E-state index contributed by atoms with van der Waals surface area (Å²) >= 11 is 0. The van der Waals surface area contributed by atoms with Gasteiger partial charge >= 0.3 is 0 Å². The number of aromatic amines is 1. The average molecular weight is 520 g/mol. The summed E-state index contributed by atoms with van der Waals surface area (Å²) in [6.07, 6.45) is 1.37. The Labute approximate surface area is 211 Å². The number of aliphatic hydroxyl groups excluding tert-OH is 1. The first-order chi connectivity index (χ1) is 17.6. The van der Waals surface area contributed by atoms with Gasteiger partial charge in [0, 0.05) is 12.1 Å². The number of hydrogen-bond donors (Lipinski definition) is 3. The first-order valence-corrected chi connectivity index (χ1v) is 12.4. The second-order valence-corrected chi connectivity index (χ2v) is 9.65. The highest BCUT2D eigenvalue weighted by Gasteiger charge is 2.22. The third-order valence-corrected chi connectivity index (χ3v) is 6.52. The van der Waals surface area contributed by atoms with E-state index in [9.17, 15) is 28.4 Å². The fourth-order valence-electron chi connectivity index (χ4n) is 3.36. The number of non-ortho nitro benzene ring substituents is 1. The molecule has 11 nitrogen and oxygen atoms in total. The zero-order valence-electron chi connectivity index (χ0n) is 19.4. The second-order valence-electron chi connectivity index (χ2n) is 7.99. The summed E-state index contributed by atoms with van der Waals surface area (Å²) in [5.41, 5.74) is 0.0650. The summed E-state index contributed by atoms with van der Waals surface area (Å²) in [7, 11) is -4.14. The fourth-order valence-corrected chi connectivity index (χ4v) is 4.18. The van der Waals surface area contributed by atoms with Crippen molar-refractivity contribution in [1.82, 2.24) is 14.8 Å². The molecule has 0 bridgehead atoms. The van der Waals surface area contributed by atoms with E-state index in [1.54, 1.807) is 42.5 Å². The van der Waals surface area contributed by atoms with E-state index in [-0.39, 0.29) is 33.0 Å². The monoisotopic (exact) mass is 519 g/mol. The third-order valence-electron chi connectivity index (χ3n) is 5.30. The van der Waals surface area contributed by atoms with Gasteiger partial charge in [0.05, 0.1) is 20.9 Å². The molecule has 37 heavy (non-hydrogen) atoms. The number of nitro benzene ring substituents is 1. The molecule has 1 unspecified atom stereocenters. The van der Waals surface area contributed by atoms with Gasteiger partial charge in [-0.05, 0) is 36.8 Å². The number of sulfonamides is 1. The van der Waals surface area contributed by atoms with Crippen LogP contribution in [0.4, 0.5) is 5.69 Å². The van der Waals surface area contributed by atoms with Gasteiger partial charge < -0.3 is 10.1 Å². The number of aliphatic hydroxyl groups is 1. The Kier molecular flexibility index (Phi) is 7.22. The van der Waals surface area contributed by atoms with Crippen LogP contribution in [0.25, 0.3) is 17.1 Å². The molecule has 4 rings (SSSR count). The molecule has 188 valence electrons. The van der Waals surface area contributed by atoms with Gasteiger partial charge in [-0.1, -0.05) is 54.1 Å². The van der Waals surface area contributed by atoms with E-state index in [1.165, 1.54) is 30.3 Å². The molecule has 0 aliphatic heterocycles. The van der Waals surface area contributed by atoms with Crippen LogP contribution < -0.4 is 10.4 Å². The largest absolute Gasteiger partial charge is 0.382 e. The highest BCUT2D eigenvalue weighted by atomic mass is 32.2. The van der Waals surface area contributed by atoms with Crippen LogP contribution in [0.5, 0.6) is 0 Å². The number of nitrogens with one attached hydrogen (secondary N) is 2. The van der Waals surface area contributed by atoms with E-state index in [2.05, 4.69) is 19.9 Å². The molecule has 4 aromatic rings. The number of nitro groups is 1. The molecule has 0 saturated carbocycles. The van der Waals surface area contributed by atoms with Gasteiger partial charge in [0.15, 0.2) is 5.69 Å². The summed E-state index contributed by atoms with van der Waals surface area (Å²) in [4.78, 5) is 32.0. The summed E-state index contributed by atoms with van der Waals surface area (Å²) < 4.78 is 25.6. The smallest absolute Gasteiger partial charge is 0.276 e. The first kappa shape index (κ1) is 25.4. The standard InChI is InChI=1S/C25H21N5O6S/c1-16-7-11-19(12-8-16)37(35,36)29-28-23(22(31)14-9-17-5-3-2-4-6-17)24-25(32)27-21-15-18(30(33)34)10-13-20(21)26-24/h2-15,22,29,31H,1H3,(H,27,32)/b14-9+,28-23+. The molecule has 3 aromatic carbocycles. The number of fused-ring (bicyclic) bond motifs is 1. The van der Waals surface area contributed by atoms with Crippen molar-refractivity contribution in [2.24, 2.45) is 5.10 Å². The van der Waals surface area contributed by atoms with Crippen molar-refractivity contribution < 1.29 is 18.4 Å². The summed E-state index contributed by atoms with van der Waals surface area (Å²) in [6.45, 7) is 1.81. The zero-order valence-corrected chi connectivity index (χ0v) is 20.2. The molecule has 0 spiro atoms. The van der Waals surface area contributed by atoms with Crippen molar-refractivity contribution in [2.75, 3.05) is 0 Å². The molecule has 0 aliphatic carbocycles. The Bertz CT molecular complexity index is 1680. The van der Waals surface area contributed by atoms with Gasteiger partial charge in [-0.15, -0.1) is 0 Å². The summed E-state index contributed by atoms with van der Waals surface area (Å²) in [5.74, 6) is 0. The lowest BCUT2D eigenvalue weighted by molar-refractivity contribution is -0.384. The third kappa shape index (κ3) is 5.94. The van der Waals surface area contributed by atoms with Gasteiger partial charge in [-0.2, -0.15) is 18.4 Å². The molecule has 0 fully saturated rings. The Morgan fingerprint density at radius 2 is 1.84 bits per heavy atom. The van der Waals surface area contributed by atoms with Crippen LogP contribution in [-0.4, -0.2) is 40.2 Å². The van der Waals surface area contributed by atoms with Crippen LogP contribution in [0.3, 0.4) is 0 Å². The lowest BCUT2D eigenvalue weighted by atomic mass is 10.1. The van der Waals surface area contributed by atoms with Crippen molar-refractivity contribution in [2.45, 2.75) is 17.9 Å². The molecular formula is C25H21N5O6S. The lowest BCUT2D eigenvalue weighted by Crippen LogP contribution is -2.32. The Hall–Kier alpha value is -4.68. The Morgan fingerprint density at radius 3 is 2.51 bits per heavy atom. The molecule has 12 heteroatoms. The van der Waals surface area contributed by atoms with E-state index in [4.69, 9.17) is 0 Å². The lowest BCUT2D eigenvalue weighted by Gasteiger charge is -2.12. The first-order valence-electron chi connectivity index (χ1n) is 10.9. The van der Waals surface area contributed by atoms with Crippen LogP contribution in [-0.2, 0) is 10.0 Å². The number of aryl methyl sites for hydroxylation is 1. The Balaban J connectivity index is 1.78. The number of H-pyrrole nitrogens is 1. The van der Waals surface area contributed by atoms with Gasteiger partial charge in [-0.25, -0.2) is 4.98 Å².